The molecule has 0 aromatic heterocycles. The Hall–Kier alpha value is -0.620. The SMILES string of the molecule is NCCO/N=C1\CCS(=O)(=O)C1. The standard InChI is InChI=1S/C6H12N2O3S/c7-2-3-11-8-6-1-4-12(9,10)5-6/h1-5,7H2/b8-6+. The molecular formula is C6H12N2O3S. The molecule has 0 aliphatic carbocycles. The summed E-state index contributed by atoms with van der Waals surface area (Å²) in [7, 11) is -2.87. The van der Waals surface area contributed by atoms with Crippen LogP contribution in [-0.4, -0.2) is 38.8 Å². The summed E-state index contributed by atoms with van der Waals surface area (Å²) in [5.41, 5.74) is 5.75. The molecule has 0 aromatic rings. The molecule has 0 atom stereocenters. The predicted octanol–water partition coefficient (Wildman–Crippen LogP) is -0.864. The molecular weight excluding hydrogens is 180 g/mol. The van der Waals surface area contributed by atoms with E-state index in [0.29, 0.717) is 25.3 Å². The second-order valence-corrected chi connectivity index (χ2v) is 4.81. The highest BCUT2D eigenvalue weighted by Gasteiger charge is 2.24. The largest absolute Gasteiger partial charge is 0.394 e. The van der Waals surface area contributed by atoms with Gasteiger partial charge in [-0.2, -0.15) is 0 Å². The minimum absolute atomic E-state index is 0.0393. The average Bonchev–Trinajstić information content (AvgIpc) is 2.31. The Morgan fingerprint density at radius 2 is 2.33 bits per heavy atom. The molecule has 6 heteroatoms. The first-order chi connectivity index (χ1) is 5.64. The summed E-state index contributed by atoms with van der Waals surface area (Å²) in [5, 5.41) is 3.67. The van der Waals surface area contributed by atoms with Crippen molar-refractivity contribution in [2.24, 2.45) is 10.9 Å². The van der Waals surface area contributed by atoms with Crippen molar-refractivity contribution in [3.05, 3.63) is 0 Å². The van der Waals surface area contributed by atoms with Gasteiger partial charge in [0.05, 0.1) is 17.2 Å². The molecule has 70 valence electrons. The van der Waals surface area contributed by atoms with E-state index < -0.39 is 9.84 Å². The molecule has 0 bridgehead atoms. The van der Waals surface area contributed by atoms with Crippen LogP contribution >= 0.6 is 0 Å². The lowest BCUT2D eigenvalue weighted by molar-refractivity contribution is 0.151. The first-order valence-electron chi connectivity index (χ1n) is 3.72. The first-order valence-corrected chi connectivity index (χ1v) is 5.54. The van der Waals surface area contributed by atoms with Gasteiger partial charge in [-0.25, -0.2) is 8.42 Å². The fourth-order valence-corrected chi connectivity index (χ4v) is 2.33. The van der Waals surface area contributed by atoms with Crippen LogP contribution in [0.4, 0.5) is 0 Å². The van der Waals surface area contributed by atoms with Gasteiger partial charge in [0.1, 0.15) is 6.61 Å². The maximum atomic E-state index is 10.9. The van der Waals surface area contributed by atoms with Crippen molar-refractivity contribution in [2.45, 2.75) is 6.42 Å². The van der Waals surface area contributed by atoms with E-state index in [0.717, 1.165) is 0 Å². The van der Waals surface area contributed by atoms with E-state index in [1.165, 1.54) is 0 Å². The summed E-state index contributed by atoms with van der Waals surface area (Å²) in [4.78, 5) is 4.76. The number of rotatable bonds is 3. The molecule has 2 N–H and O–H groups in total. The molecule has 1 fully saturated rings. The molecule has 0 aromatic carbocycles. The Morgan fingerprint density at radius 1 is 1.58 bits per heavy atom. The van der Waals surface area contributed by atoms with Crippen LogP contribution < -0.4 is 5.73 Å². The summed E-state index contributed by atoms with van der Waals surface area (Å²) in [6.07, 6.45) is 0.493. The van der Waals surface area contributed by atoms with Crippen molar-refractivity contribution in [2.75, 3.05) is 24.7 Å². The van der Waals surface area contributed by atoms with E-state index in [4.69, 9.17) is 10.6 Å². The third-order valence-electron chi connectivity index (χ3n) is 1.49. The Morgan fingerprint density at radius 3 is 2.83 bits per heavy atom. The fraction of sp³-hybridized carbons (Fsp3) is 0.833. The minimum atomic E-state index is -2.87. The Kier molecular flexibility index (Phi) is 3.05. The van der Waals surface area contributed by atoms with Gasteiger partial charge < -0.3 is 10.6 Å². The van der Waals surface area contributed by atoms with E-state index in [1.807, 2.05) is 0 Å². The van der Waals surface area contributed by atoms with Crippen LogP contribution in [0.25, 0.3) is 0 Å². The monoisotopic (exact) mass is 192 g/mol. The Labute approximate surface area is 71.5 Å². The van der Waals surface area contributed by atoms with E-state index in [1.54, 1.807) is 0 Å². The van der Waals surface area contributed by atoms with E-state index in [2.05, 4.69) is 5.16 Å². The van der Waals surface area contributed by atoms with Crippen LogP contribution in [0, 0.1) is 0 Å². The van der Waals surface area contributed by atoms with Crippen LogP contribution in [0.5, 0.6) is 0 Å². The van der Waals surface area contributed by atoms with Crippen molar-refractivity contribution < 1.29 is 13.3 Å². The zero-order chi connectivity index (χ0) is 9.03. The smallest absolute Gasteiger partial charge is 0.156 e. The summed E-state index contributed by atoms with van der Waals surface area (Å²) < 4.78 is 21.8. The highest BCUT2D eigenvalue weighted by Crippen LogP contribution is 2.08. The van der Waals surface area contributed by atoms with Crippen molar-refractivity contribution in [1.29, 1.82) is 0 Å². The Bertz CT molecular complexity index is 271. The Balaban J connectivity index is 2.41. The molecule has 0 amide bonds. The minimum Gasteiger partial charge on any atom is -0.394 e. The highest BCUT2D eigenvalue weighted by atomic mass is 32.2. The molecule has 1 saturated heterocycles. The number of nitrogens with zero attached hydrogens (tertiary/aromatic N) is 1. The van der Waals surface area contributed by atoms with Crippen LogP contribution in [0.15, 0.2) is 5.16 Å². The third-order valence-corrected chi connectivity index (χ3v) is 3.09. The topological polar surface area (TPSA) is 81.8 Å². The second kappa shape index (κ2) is 3.86. The van der Waals surface area contributed by atoms with Gasteiger partial charge in [0, 0.05) is 13.0 Å². The molecule has 1 aliphatic heterocycles. The number of sulfone groups is 1. The molecule has 0 saturated carbocycles. The van der Waals surface area contributed by atoms with E-state index in [9.17, 15) is 8.42 Å². The lowest BCUT2D eigenvalue weighted by Crippen LogP contribution is -2.08. The lowest BCUT2D eigenvalue weighted by Gasteiger charge is -1.95. The molecule has 12 heavy (non-hydrogen) atoms. The maximum Gasteiger partial charge on any atom is 0.156 e. The van der Waals surface area contributed by atoms with Gasteiger partial charge in [-0.05, 0) is 0 Å². The summed E-state index contributed by atoms with van der Waals surface area (Å²) >= 11 is 0. The van der Waals surface area contributed by atoms with Gasteiger partial charge in [0.2, 0.25) is 0 Å². The summed E-state index contributed by atoms with van der Waals surface area (Å²) in [6.45, 7) is 0.729. The predicted molar refractivity (Wildman–Crippen MR) is 45.7 cm³/mol. The van der Waals surface area contributed by atoms with Gasteiger partial charge in [-0.3, -0.25) is 0 Å². The lowest BCUT2D eigenvalue weighted by atomic mass is 10.3. The van der Waals surface area contributed by atoms with Gasteiger partial charge in [-0.1, -0.05) is 5.16 Å². The van der Waals surface area contributed by atoms with Crippen molar-refractivity contribution in [1.82, 2.24) is 0 Å². The van der Waals surface area contributed by atoms with Crippen molar-refractivity contribution in [3.63, 3.8) is 0 Å². The van der Waals surface area contributed by atoms with Crippen LogP contribution in [-0.2, 0) is 14.7 Å². The van der Waals surface area contributed by atoms with Crippen molar-refractivity contribution >= 4 is 15.5 Å². The van der Waals surface area contributed by atoms with Gasteiger partial charge in [0.15, 0.2) is 9.84 Å². The van der Waals surface area contributed by atoms with Gasteiger partial charge in [-0.15, -0.1) is 0 Å². The highest BCUT2D eigenvalue weighted by molar-refractivity contribution is 7.92. The first kappa shape index (κ1) is 9.47. The van der Waals surface area contributed by atoms with Crippen molar-refractivity contribution in [3.8, 4) is 0 Å². The zero-order valence-electron chi connectivity index (χ0n) is 6.69. The van der Waals surface area contributed by atoms with Crippen LogP contribution in [0.1, 0.15) is 6.42 Å². The average molecular weight is 192 g/mol. The summed E-state index contributed by atoms with van der Waals surface area (Å²) in [6, 6.07) is 0. The number of nitrogens with two attached hydrogens (primary N) is 1. The molecule has 1 aliphatic rings. The maximum absolute atomic E-state index is 10.9. The molecule has 0 unspecified atom stereocenters. The zero-order valence-corrected chi connectivity index (χ0v) is 7.51. The molecule has 1 heterocycles. The van der Waals surface area contributed by atoms with Gasteiger partial charge in [0.25, 0.3) is 0 Å². The van der Waals surface area contributed by atoms with Gasteiger partial charge >= 0.3 is 0 Å². The third kappa shape index (κ3) is 2.78. The number of hydrogen-bond acceptors (Lipinski definition) is 5. The number of oxime groups is 1. The molecule has 1 rings (SSSR count). The quantitative estimate of drug-likeness (QED) is 0.466. The second-order valence-electron chi connectivity index (χ2n) is 2.62. The van der Waals surface area contributed by atoms with Crippen LogP contribution in [0.2, 0.25) is 0 Å². The number of hydrogen-bond donors (Lipinski definition) is 1. The summed E-state index contributed by atoms with van der Waals surface area (Å²) in [5.74, 6) is 0.232. The normalized spacial score (nSPS) is 24.6. The van der Waals surface area contributed by atoms with E-state index >= 15 is 0 Å². The fourth-order valence-electron chi connectivity index (χ4n) is 0.933. The van der Waals surface area contributed by atoms with E-state index in [-0.39, 0.29) is 11.5 Å². The van der Waals surface area contributed by atoms with Crippen LogP contribution in [0.3, 0.4) is 0 Å². The molecule has 0 spiro atoms. The molecule has 5 nitrogen and oxygen atoms in total. The molecule has 0 radical (unpaired) electrons.